The summed E-state index contributed by atoms with van der Waals surface area (Å²) in [5, 5.41) is 11.0. The van der Waals surface area contributed by atoms with Crippen molar-refractivity contribution in [1.82, 2.24) is 0 Å². The van der Waals surface area contributed by atoms with Gasteiger partial charge in [-0.25, -0.2) is 0 Å². The van der Waals surface area contributed by atoms with E-state index in [1.54, 1.807) is 66.7 Å². The fourth-order valence-corrected chi connectivity index (χ4v) is 7.75. The highest BCUT2D eigenvalue weighted by molar-refractivity contribution is 9.10. The van der Waals surface area contributed by atoms with E-state index in [-0.39, 0.29) is 29.4 Å². The van der Waals surface area contributed by atoms with Crippen LogP contribution < -0.4 is 9.80 Å². The van der Waals surface area contributed by atoms with Crippen LogP contribution in [0.1, 0.15) is 24.3 Å². The molecule has 2 aliphatic carbocycles. The van der Waals surface area contributed by atoms with Crippen LogP contribution in [0.2, 0.25) is 0 Å². The number of halogens is 1. The molecule has 0 spiro atoms. The normalized spacial score (nSPS) is 29.3. The number of phenols is 1. The number of rotatable bonds is 3. The van der Waals surface area contributed by atoms with Crippen molar-refractivity contribution in [2.75, 3.05) is 9.80 Å². The van der Waals surface area contributed by atoms with E-state index in [9.17, 15) is 24.3 Å². The van der Waals surface area contributed by atoms with Gasteiger partial charge in [-0.3, -0.25) is 29.0 Å². The maximum atomic E-state index is 14.0. The Morgan fingerprint density at radius 3 is 1.88 bits per heavy atom. The summed E-state index contributed by atoms with van der Waals surface area (Å²) < 4.78 is 0.729. The van der Waals surface area contributed by atoms with Gasteiger partial charge in [-0.05, 0) is 61.2 Å². The number of phenolic OH excluding ortho intramolecular Hbond substituents is 1. The molecule has 40 heavy (non-hydrogen) atoms. The van der Waals surface area contributed by atoms with E-state index in [1.165, 1.54) is 9.80 Å². The third-order valence-electron chi connectivity index (χ3n) is 9.00. The molecule has 200 valence electrons. The van der Waals surface area contributed by atoms with Gasteiger partial charge in [-0.15, -0.1) is 0 Å². The van der Waals surface area contributed by atoms with Gasteiger partial charge in [0.1, 0.15) is 5.75 Å². The molecule has 0 unspecified atom stereocenters. The number of hydrogen-bond acceptors (Lipinski definition) is 5. The van der Waals surface area contributed by atoms with Crippen molar-refractivity contribution in [2.45, 2.75) is 18.8 Å². The van der Waals surface area contributed by atoms with Crippen molar-refractivity contribution in [2.24, 2.45) is 29.6 Å². The number of amides is 4. The van der Waals surface area contributed by atoms with E-state index in [0.29, 0.717) is 29.8 Å². The molecule has 2 heterocycles. The molecule has 2 saturated heterocycles. The molecular formula is C32H25BrN2O5. The first kappa shape index (κ1) is 25.0. The predicted octanol–water partition coefficient (Wildman–Crippen LogP) is 5.20. The smallest absolute Gasteiger partial charge is 0.238 e. The zero-order valence-corrected chi connectivity index (χ0v) is 22.9. The van der Waals surface area contributed by atoms with Crippen LogP contribution in [0.4, 0.5) is 11.4 Å². The molecule has 8 heteroatoms. The average molecular weight is 597 g/mol. The highest BCUT2D eigenvalue weighted by atomic mass is 79.9. The zero-order valence-electron chi connectivity index (χ0n) is 21.3. The summed E-state index contributed by atoms with van der Waals surface area (Å²) in [6.07, 6.45) is 2.63. The number of benzene rings is 3. The second kappa shape index (κ2) is 9.27. The topological polar surface area (TPSA) is 95.0 Å². The molecular weight excluding hydrogens is 572 g/mol. The lowest BCUT2D eigenvalue weighted by Gasteiger charge is -2.44. The van der Waals surface area contributed by atoms with Gasteiger partial charge in [0.2, 0.25) is 23.6 Å². The summed E-state index contributed by atoms with van der Waals surface area (Å²) >= 11 is 3.50. The van der Waals surface area contributed by atoms with E-state index in [0.717, 1.165) is 10.0 Å². The number of imide groups is 2. The van der Waals surface area contributed by atoms with Crippen LogP contribution >= 0.6 is 15.9 Å². The first-order valence-corrected chi connectivity index (χ1v) is 14.2. The van der Waals surface area contributed by atoms with Gasteiger partial charge in [-0.1, -0.05) is 64.0 Å². The average Bonchev–Trinajstić information content (AvgIpc) is 3.38. The van der Waals surface area contributed by atoms with Crippen molar-refractivity contribution >= 4 is 50.9 Å². The molecule has 0 aromatic heterocycles. The standard InChI is InChI=1S/C32H25BrN2O5/c33-17-11-14-25(36)23(15-17)26-20-12-13-21-27(31(39)34(29(21)37)18-7-3-1-4-8-18)22(20)16-24-28(26)32(40)35(30(24)38)19-9-5-2-6-10-19/h1-12,14-15,21-22,24,26-28,36H,13,16H2/t21-,22+,24+,26+,27-,28+/m0/s1. The minimum atomic E-state index is -0.732. The summed E-state index contributed by atoms with van der Waals surface area (Å²) in [7, 11) is 0. The van der Waals surface area contributed by atoms with Crippen LogP contribution in [-0.4, -0.2) is 28.7 Å². The van der Waals surface area contributed by atoms with Crippen LogP contribution in [0.3, 0.4) is 0 Å². The molecule has 7 nitrogen and oxygen atoms in total. The predicted molar refractivity (Wildman–Crippen MR) is 151 cm³/mol. The number of anilines is 2. The molecule has 3 aromatic carbocycles. The fourth-order valence-electron chi connectivity index (χ4n) is 7.37. The van der Waals surface area contributed by atoms with Crippen molar-refractivity contribution in [3.05, 3.63) is 101 Å². The Morgan fingerprint density at radius 1 is 0.675 bits per heavy atom. The Hall–Kier alpha value is -4.04. The lowest BCUT2D eigenvalue weighted by atomic mass is 9.57. The van der Waals surface area contributed by atoms with Crippen LogP contribution in [0.15, 0.2) is 95.0 Å². The van der Waals surface area contributed by atoms with E-state index in [2.05, 4.69) is 15.9 Å². The Kier molecular flexibility index (Phi) is 5.78. The lowest BCUT2D eigenvalue weighted by Crippen LogP contribution is -2.43. The molecule has 4 amide bonds. The Morgan fingerprint density at radius 2 is 1.25 bits per heavy atom. The third kappa shape index (κ3) is 3.55. The third-order valence-corrected chi connectivity index (χ3v) is 9.50. The van der Waals surface area contributed by atoms with Gasteiger partial charge >= 0.3 is 0 Å². The minimum absolute atomic E-state index is 0.0220. The summed E-state index contributed by atoms with van der Waals surface area (Å²) in [6, 6.07) is 22.8. The number of aromatic hydroxyl groups is 1. The largest absolute Gasteiger partial charge is 0.508 e. The lowest BCUT2D eigenvalue weighted by molar-refractivity contribution is -0.126. The molecule has 3 aromatic rings. The summed E-state index contributed by atoms with van der Waals surface area (Å²) in [5.74, 6) is -4.73. The molecule has 2 aliphatic heterocycles. The molecule has 3 fully saturated rings. The molecule has 1 N–H and O–H groups in total. The SMILES string of the molecule is O=C1[C@H]2[C@H](CC=C3[C@H]2C[C@H]2C(=O)N(c4ccccc4)C(=O)[C@H]2[C@H]3c2cc(Br)ccc2O)C(=O)N1c1ccccc1. The van der Waals surface area contributed by atoms with Crippen LogP contribution in [0, 0.1) is 29.6 Å². The van der Waals surface area contributed by atoms with Gasteiger partial charge in [0.15, 0.2) is 0 Å². The van der Waals surface area contributed by atoms with E-state index < -0.39 is 35.5 Å². The Labute approximate surface area is 239 Å². The summed E-state index contributed by atoms with van der Waals surface area (Å²) in [4.78, 5) is 58.0. The Bertz CT molecular complexity index is 1600. The molecule has 0 radical (unpaired) electrons. The molecule has 7 rings (SSSR count). The molecule has 1 saturated carbocycles. The second-order valence-corrected chi connectivity index (χ2v) is 11.8. The van der Waals surface area contributed by atoms with Crippen LogP contribution in [-0.2, 0) is 19.2 Å². The van der Waals surface area contributed by atoms with Crippen LogP contribution in [0.5, 0.6) is 5.75 Å². The number of carbonyl (C=O) groups excluding carboxylic acids is 4. The summed E-state index contributed by atoms with van der Waals surface area (Å²) in [6.45, 7) is 0. The second-order valence-electron chi connectivity index (χ2n) is 10.9. The maximum Gasteiger partial charge on any atom is 0.238 e. The van der Waals surface area contributed by atoms with Gasteiger partial charge in [0.05, 0.1) is 35.0 Å². The van der Waals surface area contributed by atoms with E-state index >= 15 is 0 Å². The highest BCUT2D eigenvalue weighted by Crippen LogP contribution is 2.59. The van der Waals surface area contributed by atoms with Gasteiger partial charge in [0, 0.05) is 16.0 Å². The summed E-state index contributed by atoms with van der Waals surface area (Å²) in [5.41, 5.74) is 2.42. The number of para-hydroxylation sites is 2. The maximum absolute atomic E-state index is 14.0. The highest BCUT2D eigenvalue weighted by Gasteiger charge is 2.62. The number of hydrogen-bond donors (Lipinski definition) is 1. The number of allylic oxidation sites excluding steroid dienone is 2. The van der Waals surface area contributed by atoms with Crippen molar-refractivity contribution in [3.8, 4) is 5.75 Å². The van der Waals surface area contributed by atoms with E-state index in [1.807, 2.05) is 18.2 Å². The first-order chi connectivity index (χ1) is 19.4. The minimum Gasteiger partial charge on any atom is -0.508 e. The quantitative estimate of drug-likeness (QED) is 0.331. The van der Waals surface area contributed by atoms with Gasteiger partial charge in [-0.2, -0.15) is 0 Å². The van der Waals surface area contributed by atoms with Gasteiger partial charge < -0.3 is 5.11 Å². The zero-order chi connectivity index (χ0) is 27.7. The first-order valence-electron chi connectivity index (χ1n) is 13.4. The molecule has 4 aliphatic rings. The van der Waals surface area contributed by atoms with Crippen molar-refractivity contribution in [3.63, 3.8) is 0 Å². The van der Waals surface area contributed by atoms with Gasteiger partial charge in [0.25, 0.3) is 0 Å². The fraction of sp³-hybridized carbons (Fsp3) is 0.250. The molecule has 0 bridgehead atoms. The number of fused-ring (bicyclic) bond motifs is 4. The number of nitrogens with zero attached hydrogens (tertiary/aromatic N) is 2. The molecule has 6 atom stereocenters. The Balaban J connectivity index is 1.36. The van der Waals surface area contributed by atoms with Crippen molar-refractivity contribution in [1.29, 1.82) is 0 Å². The monoisotopic (exact) mass is 596 g/mol. The number of carbonyl (C=O) groups is 4. The van der Waals surface area contributed by atoms with E-state index in [4.69, 9.17) is 0 Å². The van der Waals surface area contributed by atoms with Crippen molar-refractivity contribution < 1.29 is 24.3 Å². The van der Waals surface area contributed by atoms with Crippen LogP contribution in [0.25, 0.3) is 0 Å².